The summed E-state index contributed by atoms with van der Waals surface area (Å²) in [5, 5.41) is 21.5. The molecule has 2 nitrogen and oxygen atoms in total. The number of hydrogen-bond donors (Lipinski definition) is 2. The van der Waals surface area contributed by atoms with Crippen LogP contribution in [0.25, 0.3) is 0 Å². The standard InChI is InChI=1S/2C16H24O/c2*1-15(2,3)13-9-11-16(17,12-10-13)14-7-5-4-6-8-14/h2*4-8,13,17H,9-12H2,1-3H3. The zero-order valence-electron chi connectivity index (χ0n) is 22.5. The molecule has 2 fully saturated rings. The minimum Gasteiger partial charge on any atom is -0.385 e. The number of rotatable bonds is 2. The van der Waals surface area contributed by atoms with Crippen molar-refractivity contribution < 1.29 is 10.2 Å². The fraction of sp³-hybridized carbons (Fsp3) is 0.625. The molecule has 34 heavy (non-hydrogen) atoms. The summed E-state index contributed by atoms with van der Waals surface area (Å²) in [5.41, 5.74) is 1.77. The largest absolute Gasteiger partial charge is 0.385 e. The van der Waals surface area contributed by atoms with E-state index in [2.05, 4.69) is 65.8 Å². The highest BCUT2D eigenvalue weighted by atomic mass is 16.3. The van der Waals surface area contributed by atoms with Crippen LogP contribution >= 0.6 is 0 Å². The van der Waals surface area contributed by atoms with Gasteiger partial charge in [0.05, 0.1) is 11.2 Å². The highest BCUT2D eigenvalue weighted by molar-refractivity contribution is 5.23. The highest BCUT2D eigenvalue weighted by Gasteiger charge is 2.39. The number of hydrogen-bond acceptors (Lipinski definition) is 2. The molecule has 2 saturated carbocycles. The first kappa shape index (κ1) is 27.0. The third-order valence-corrected chi connectivity index (χ3v) is 8.70. The molecule has 188 valence electrons. The minimum absolute atomic E-state index is 0.373. The Labute approximate surface area is 208 Å². The van der Waals surface area contributed by atoms with Gasteiger partial charge in [0, 0.05) is 0 Å². The molecule has 2 aliphatic carbocycles. The third-order valence-electron chi connectivity index (χ3n) is 8.70. The van der Waals surface area contributed by atoms with E-state index in [4.69, 9.17) is 0 Å². The monoisotopic (exact) mass is 464 g/mol. The normalized spacial score (nSPS) is 30.2. The Morgan fingerprint density at radius 1 is 0.529 bits per heavy atom. The van der Waals surface area contributed by atoms with Crippen molar-refractivity contribution >= 4 is 0 Å². The average molecular weight is 465 g/mol. The molecular formula is C32H48O2. The third kappa shape index (κ3) is 6.73. The Balaban J connectivity index is 0.000000191. The Morgan fingerprint density at radius 2 is 0.794 bits per heavy atom. The van der Waals surface area contributed by atoms with E-state index in [0.717, 1.165) is 74.3 Å². The van der Waals surface area contributed by atoms with Crippen molar-refractivity contribution in [2.75, 3.05) is 0 Å². The van der Waals surface area contributed by atoms with Crippen molar-refractivity contribution in [3.63, 3.8) is 0 Å². The first-order valence-corrected chi connectivity index (χ1v) is 13.4. The minimum atomic E-state index is -0.580. The molecule has 0 amide bonds. The Hall–Kier alpha value is -1.64. The smallest absolute Gasteiger partial charge is 0.0896 e. The van der Waals surface area contributed by atoms with Gasteiger partial charge in [-0.1, -0.05) is 102 Å². The van der Waals surface area contributed by atoms with E-state index < -0.39 is 11.2 Å². The van der Waals surface area contributed by atoms with Crippen molar-refractivity contribution in [2.24, 2.45) is 22.7 Å². The zero-order valence-corrected chi connectivity index (χ0v) is 22.5. The molecule has 0 radical (unpaired) electrons. The van der Waals surface area contributed by atoms with Crippen molar-refractivity contribution in [1.29, 1.82) is 0 Å². The molecule has 0 heterocycles. The van der Waals surface area contributed by atoms with E-state index >= 15 is 0 Å². The van der Waals surface area contributed by atoms with Gasteiger partial charge in [0.2, 0.25) is 0 Å². The fourth-order valence-corrected chi connectivity index (χ4v) is 6.00. The van der Waals surface area contributed by atoms with Crippen LogP contribution in [0.2, 0.25) is 0 Å². The van der Waals surface area contributed by atoms with Gasteiger partial charge in [-0.2, -0.15) is 0 Å². The van der Waals surface area contributed by atoms with Crippen LogP contribution in [0.1, 0.15) is 104 Å². The van der Waals surface area contributed by atoms with Crippen LogP contribution in [-0.2, 0) is 11.2 Å². The summed E-state index contributed by atoms with van der Waals surface area (Å²) in [6.07, 6.45) is 8.14. The molecule has 4 rings (SSSR count). The summed E-state index contributed by atoms with van der Waals surface area (Å²) in [4.78, 5) is 0. The maximum Gasteiger partial charge on any atom is 0.0896 e. The zero-order chi connectivity index (χ0) is 25.0. The van der Waals surface area contributed by atoms with E-state index in [-0.39, 0.29) is 0 Å². The van der Waals surface area contributed by atoms with Gasteiger partial charge in [0.25, 0.3) is 0 Å². The Bertz CT molecular complexity index is 781. The molecule has 2 aliphatic rings. The predicted molar refractivity (Wildman–Crippen MR) is 144 cm³/mol. The molecule has 0 spiro atoms. The van der Waals surface area contributed by atoms with Crippen LogP contribution in [0.3, 0.4) is 0 Å². The number of benzene rings is 2. The quantitative estimate of drug-likeness (QED) is 0.470. The summed E-state index contributed by atoms with van der Waals surface area (Å²) >= 11 is 0. The molecule has 0 atom stereocenters. The lowest BCUT2D eigenvalue weighted by atomic mass is 9.67. The van der Waals surface area contributed by atoms with Crippen LogP contribution in [0, 0.1) is 22.7 Å². The van der Waals surface area contributed by atoms with Gasteiger partial charge in [0.15, 0.2) is 0 Å². The van der Waals surface area contributed by atoms with Crippen molar-refractivity contribution in [3.8, 4) is 0 Å². The van der Waals surface area contributed by atoms with Crippen LogP contribution in [0.4, 0.5) is 0 Å². The van der Waals surface area contributed by atoms with Crippen LogP contribution in [0.15, 0.2) is 60.7 Å². The van der Waals surface area contributed by atoms with E-state index in [1.165, 1.54) is 0 Å². The maximum absolute atomic E-state index is 10.7. The molecule has 2 aromatic carbocycles. The van der Waals surface area contributed by atoms with Gasteiger partial charge in [-0.3, -0.25) is 0 Å². The fourth-order valence-electron chi connectivity index (χ4n) is 6.00. The maximum atomic E-state index is 10.7. The molecule has 0 saturated heterocycles. The summed E-state index contributed by atoms with van der Waals surface area (Å²) in [5.74, 6) is 1.48. The second-order valence-corrected chi connectivity index (χ2v) is 13.1. The second-order valence-electron chi connectivity index (χ2n) is 13.1. The average Bonchev–Trinajstić information content (AvgIpc) is 2.80. The van der Waals surface area contributed by atoms with Gasteiger partial charge in [-0.25, -0.2) is 0 Å². The van der Waals surface area contributed by atoms with E-state index in [1.807, 2.05) is 36.4 Å². The Morgan fingerprint density at radius 3 is 1.03 bits per heavy atom. The first-order valence-electron chi connectivity index (χ1n) is 13.4. The predicted octanol–water partition coefficient (Wildman–Crippen LogP) is 8.22. The topological polar surface area (TPSA) is 40.5 Å². The number of aliphatic hydroxyl groups is 2. The lowest BCUT2D eigenvalue weighted by molar-refractivity contribution is -0.0301. The van der Waals surface area contributed by atoms with Gasteiger partial charge in [-0.15, -0.1) is 0 Å². The highest BCUT2D eigenvalue weighted by Crippen LogP contribution is 2.46. The molecule has 2 N–H and O–H groups in total. The lowest BCUT2D eigenvalue weighted by Gasteiger charge is -2.41. The van der Waals surface area contributed by atoms with Crippen LogP contribution < -0.4 is 0 Å². The summed E-state index contributed by atoms with van der Waals surface area (Å²) in [7, 11) is 0. The van der Waals surface area contributed by atoms with Crippen molar-refractivity contribution in [3.05, 3.63) is 71.8 Å². The van der Waals surface area contributed by atoms with Gasteiger partial charge >= 0.3 is 0 Å². The van der Waals surface area contributed by atoms with Crippen molar-refractivity contribution in [2.45, 2.75) is 104 Å². The van der Waals surface area contributed by atoms with Crippen molar-refractivity contribution in [1.82, 2.24) is 0 Å². The molecule has 0 aromatic heterocycles. The Kier molecular flexibility index (Phi) is 8.36. The molecule has 0 unspecified atom stereocenters. The van der Waals surface area contributed by atoms with Gasteiger partial charge < -0.3 is 10.2 Å². The molecular weight excluding hydrogens is 416 g/mol. The van der Waals surface area contributed by atoms with E-state index in [1.54, 1.807) is 0 Å². The molecule has 2 heteroatoms. The molecule has 2 aromatic rings. The van der Waals surface area contributed by atoms with Crippen LogP contribution in [0.5, 0.6) is 0 Å². The van der Waals surface area contributed by atoms with Gasteiger partial charge in [-0.05, 0) is 85.2 Å². The lowest BCUT2D eigenvalue weighted by Crippen LogP contribution is -2.35. The first-order chi connectivity index (χ1) is 15.8. The van der Waals surface area contributed by atoms with E-state index in [9.17, 15) is 10.2 Å². The van der Waals surface area contributed by atoms with Gasteiger partial charge in [0.1, 0.15) is 0 Å². The summed E-state index contributed by atoms with van der Waals surface area (Å²) in [6.45, 7) is 13.9. The van der Waals surface area contributed by atoms with Crippen LogP contribution in [-0.4, -0.2) is 10.2 Å². The molecule has 0 aliphatic heterocycles. The summed E-state index contributed by atoms with van der Waals surface area (Å²) in [6, 6.07) is 20.3. The van der Waals surface area contributed by atoms with E-state index in [0.29, 0.717) is 10.8 Å². The molecule has 0 bridgehead atoms. The SMILES string of the molecule is CC(C)(C)C1CCC(O)(c2ccccc2)CC1.CC(C)(C)C1CCC(O)(c2ccccc2)CC1. The second kappa shape index (κ2) is 10.5. The summed E-state index contributed by atoms with van der Waals surface area (Å²) < 4.78 is 0.